The van der Waals surface area contributed by atoms with Crippen LogP contribution in [0.2, 0.25) is 0 Å². The quantitative estimate of drug-likeness (QED) is 0.215. The predicted molar refractivity (Wildman–Crippen MR) is 26.3 cm³/mol. The summed E-state index contributed by atoms with van der Waals surface area (Å²) in [7, 11) is -10.8. The van der Waals surface area contributed by atoms with Crippen LogP contribution < -0.4 is 29.4 Å². The van der Waals surface area contributed by atoms with E-state index in [1.165, 1.54) is 0 Å². The monoisotopic (exact) mass is 542 g/mol. The Bertz CT molecular complexity index is 132. The van der Waals surface area contributed by atoms with E-state index >= 15 is 0 Å². The fourth-order valence-electron chi connectivity index (χ4n) is 0. The minimum atomic E-state index is -5.39. The predicted octanol–water partition coefficient (Wildman–Crippen LogP) is -5.60. The van der Waals surface area contributed by atoms with Crippen LogP contribution in [-0.2, 0) is 70.4 Å². The first-order valence-electron chi connectivity index (χ1n) is 1.46. The van der Waals surface area contributed by atoms with E-state index in [0.29, 0.717) is 0 Å². The largest absolute Gasteiger partial charge is 2.00 e. The molecule has 96 valence electrons. The Morgan fingerprint density at radius 1 is 0.571 bits per heavy atom. The summed E-state index contributed by atoms with van der Waals surface area (Å²) in [5, 5.41) is 0. The maximum atomic E-state index is 8.55. The number of hydrogen-bond donors (Lipinski definition) is 0. The SMILES string of the molecule is O=P([O-])([O-])[O-].O=P([O-])([O-])[O-].P.[Pd+2].[Pd+2].[Pd+2]. The van der Waals surface area contributed by atoms with E-state index in [1.807, 2.05) is 0 Å². The van der Waals surface area contributed by atoms with Gasteiger partial charge in [0, 0.05) is 0 Å². The molecule has 1 unspecified atom stereocenters. The summed E-state index contributed by atoms with van der Waals surface area (Å²) in [6.07, 6.45) is 0. The molecule has 14 heavy (non-hydrogen) atoms. The van der Waals surface area contributed by atoms with Gasteiger partial charge in [0.05, 0.1) is 0 Å². The van der Waals surface area contributed by atoms with E-state index in [-0.39, 0.29) is 71.2 Å². The van der Waals surface area contributed by atoms with E-state index in [4.69, 9.17) is 38.5 Å². The molecule has 0 aromatic heterocycles. The van der Waals surface area contributed by atoms with Crippen molar-refractivity contribution in [1.82, 2.24) is 0 Å². The van der Waals surface area contributed by atoms with Crippen LogP contribution in [0.15, 0.2) is 0 Å². The van der Waals surface area contributed by atoms with Crippen LogP contribution in [0.3, 0.4) is 0 Å². The van der Waals surface area contributed by atoms with Gasteiger partial charge in [0.15, 0.2) is 0 Å². The van der Waals surface area contributed by atoms with Crippen LogP contribution >= 0.6 is 25.5 Å². The molecule has 0 aliphatic carbocycles. The van der Waals surface area contributed by atoms with E-state index < -0.39 is 15.6 Å². The third kappa shape index (κ3) is 391. The van der Waals surface area contributed by atoms with E-state index in [1.54, 1.807) is 0 Å². The molecule has 0 fully saturated rings. The molecule has 0 aliphatic heterocycles. The molecule has 0 rings (SSSR count). The average Bonchev–Trinajstić information content (AvgIpc) is 1.12. The fourth-order valence-corrected chi connectivity index (χ4v) is 0. The Hall–Kier alpha value is 2.64. The summed E-state index contributed by atoms with van der Waals surface area (Å²) < 4.78 is 17.1. The standard InChI is InChI=1S/2H3O4P.H3P.3Pd/c2*1-5(2,3)4;;;;/h2*(H3,1,2,3,4);1H3;;;/q;;;3*+2/p-6. The van der Waals surface area contributed by atoms with Crippen molar-refractivity contribution >= 4 is 25.5 Å². The van der Waals surface area contributed by atoms with Crippen molar-refractivity contribution in [3.05, 3.63) is 0 Å². The van der Waals surface area contributed by atoms with E-state index in [2.05, 4.69) is 0 Å². The van der Waals surface area contributed by atoms with Crippen LogP contribution in [0.5, 0.6) is 0 Å². The zero-order chi connectivity index (χ0) is 9.00. The van der Waals surface area contributed by atoms with Gasteiger partial charge in [-0.25, -0.2) is 0 Å². The minimum Gasteiger partial charge on any atom is -0.822 e. The maximum Gasteiger partial charge on any atom is 2.00 e. The number of hydrogen-bond acceptors (Lipinski definition) is 8. The molecule has 1 atom stereocenters. The Labute approximate surface area is 124 Å². The second kappa shape index (κ2) is 15.6. The Kier molecular flexibility index (Phi) is 40.2. The molecule has 0 radical (unpaired) electrons. The Morgan fingerprint density at radius 3 is 0.571 bits per heavy atom. The summed E-state index contributed by atoms with van der Waals surface area (Å²) in [5.74, 6) is 0. The second-order valence-corrected chi connectivity index (χ2v) is 2.68. The second-order valence-electron chi connectivity index (χ2n) is 0.894. The minimum absolute atomic E-state index is 0. The molecular weight excluding hydrogens is 540 g/mol. The molecule has 0 saturated carbocycles. The van der Waals surface area contributed by atoms with Crippen LogP contribution in [0, 0.1) is 0 Å². The molecule has 0 saturated heterocycles. The number of rotatable bonds is 0. The molecule has 0 spiro atoms. The van der Waals surface area contributed by atoms with Crippen molar-refractivity contribution in [1.29, 1.82) is 0 Å². The van der Waals surface area contributed by atoms with Crippen molar-refractivity contribution in [2.45, 2.75) is 0 Å². The van der Waals surface area contributed by atoms with Gasteiger partial charge in [0.25, 0.3) is 0 Å². The summed E-state index contributed by atoms with van der Waals surface area (Å²) in [6, 6.07) is 0. The zero-order valence-electron chi connectivity index (χ0n) is 5.82. The van der Waals surface area contributed by atoms with Crippen LogP contribution in [0.25, 0.3) is 0 Å². The van der Waals surface area contributed by atoms with Crippen molar-refractivity contribution in [3.8, 4) is 0 Å². The van der Waals surface area contributed by atoms with E-state index in [9.17, 15) is 0 Å². The summed E-state index contributed by atoms with van der Waals surface area (Å²) in [6.45, 7) is 0. The van der Waals surface area contributed by atoms with Crippen LogP contribution in [0.4, 0.5) is 0 Å². The van der Waals surface area contributed by atoms with Gasteiger partial charge in [-0.3, -0.25) is 0 Å². The van der Waals surface area contributed by atoms with Gasteiger partial charge in [-0.15, -0.1) is 0 Å². The Balaban J connectivity index is -0.0000000178. The van der Waals surface area contributed by atoms with Crippen molar-refractivity contribution in [2.75, 3.05) is 0 Å². The fraction of sp³-hybridized carbons (Fsp3) is 0. The molecule has 0 amide bonds. The van der Waals surface area contributed by atoms with Crippen LogP contribution in [-0.4, -0.2) is 0 Å². The first-order chi connectivity index (χ1) is 4.00. The molecule has 0 aliphatic rings. The molecule has 0 N–H and O–H groups in total. The third-order valence-corrected chi connectivity index (χ3v) is 0. The van der Waals surface area contributed by atoms with Crippen molar-refractivity contribution in [2.24, 2.45) is 0 Å². The summed E-state index contributed by atoms with van der Waals surface area (Å²) in [5.41, 5.74) is 0. The molecule has 8 nitrogen and oxygen atoms in total. The van der Waals surface area contributed by atoms with Crippen molar-refractivity contribution in [3.63, 3.8) is 0 Å². The van der Waals surface area contributed by atoms with E-state index in [0.717, 1.165) is 0 Å². The molecule has 0 bridgehead atoms. The summed E-state index contributed by atoms with van der Waals surface area (Å²) >= 11 is 0. The molecule has 14 heteroatoms. The smallest absolute Gasteiger partial charge is 0.822 e. The van der Waals surface area contributed by atoms with Gasteiger partial charge in [-0.2, -0.15) is 25.5 Å². The van der Waals surface area contributed by atoms with Gasteiger partial charge in [0.2, 0.25) is 0 Å². The van der Waals surface area contributed by atoms with Gasteiger partial charge in [0.1, 0.15) is 0 Å². The number of phosphoric acid groups is 2. The maximum absolute atomic E-state index is 8.55. The van der Waals surface area contributed by atoms with Crippen LogP contribution in [0.1, 0.15) is 0 Å². The topological polar surface area (TPSA) is 172 Å². The van der Waals surface area contributed by atoms with Gasteiger partial charge in [-0.05, 0) is 0 Å². The first kappa shape index (κ1) is 36.0. The molecule has 0 heterocycles. The molecule has 0 aromatic carbocycles. The van der Waals surface area contributed by atoms with Gasteiger partial charge in [-0.1, -0.05) is 0 Å². The first-order valence-corrected chi connectivity index (χ1v) is 4.38. The summed E-state index contributed by atoms with van der Waals surface area (Å²) in [4.78, 5) is 51.3. The van der Waals surface area contributed by atoms with Gasteiger partial charge >= 0.3 is 61.3 Å². The normalized spacial score (nSPS) is 8.43. The van der Waals surface area contributed by atoms with Crippen molar-refractivity contribution < 1.29 is 99.8 Å². The molecule has 0 aromatic rings. The Morgan fingerprint density at radius 2 is 0.571 bits per heavy atom. The third-order valence-electron chi connectivity index (χ3n) is 0. The zero-order valence-corrected chi connectivity index (χ0v) is 13.7. The van der Waals surface area contributed by atoms with Gasteiger partial charge < -0.3 is 38.5 Å². The molecular formula is H3O8P3Pd3. The average molecular weight is 543 g/mol.